The first-order valence-electron chi connectivity index (χ1n) is 9.80. The quantitative estimate of drug-likeness (QED) is 0.570. The van der Waals surface area contributed by atoms with Gasteiger partial charge >= 0.3 is 5.97 Å². The number of halogens is 1. The van der Waals surface area contributed by atoms with Gasteiger partial charge in [-0.1, -0.05) is 43.6 Å². The van der Waals surface area contributed by atoms with Crippen molar-refractivity contribution in [2.24, 2.45) is 11.8 Å². The minimum absolute atomic E-state index is 0.000900. The van der Waals surface area contributed by atoms with E-state index in [1.54, 1.807) is 30.3 Å². The third-order valence-corrected chi connectivity index (χ3v) is 5.88. The molecule has 3 N–H and O–H groups in total. The van der Waals surface area contributed by atoms with Gasteiger partial charge in [0.05, 0.1) is 11.6 Å². The summed E-state index contributed by atoms with van der Waals surface area (Å²) in [6.07, 6.45) is 0.525. The number of carbonyl (C=O) groups is 3. The second kappa shape index (κ2) is 8.78. The maximum absolute atomic E-state index is 12.8. The highest BCUT2D eigenvalue weighted by molar-refractivity contribution is 6.33. The van der Waals surface area contributed by atoms with Crippen molar-refractivity contribution in [1.82, 2.24) is 10.6 Å². The molecule has 2 aromatic carbocycles. The van der Waals surface area contributed by atoms with Crippen molar-refractivity contribution in [3.05, 3.63) is 58.6 Å². The summed E-state index contributed by atoms with van der Waals surface area (Å²) >= 11 is 6.22. The van der Waals surface area contributed by atoms with Gasteiger partial charge in [0.2, 0.25) is 5.91 Å². The Morgan fingerprint density at radius 1 is 1.19 bits per heavy atom. The maximum atomic E-state index is 12.8. The van der Waals surface area contributed by atoms with Crippen LogP contribution in [0.1, 0.15) is 41.0 Å². The minimum Gasteiger partial charge on any atom is -0.478 e. The number of hydrogen-bond acceptors (Lipinski definition) is 4. The van der Waals surface area contributed by atoms with Gasteiger partial charge in [-0.25, -0.2) is 4.79 Å². The largest absolute Gasteiger partial charge is 0.478 e. The molecule has 160 valence electrons. The van der Waals surface area contributed by atoms with Gasteiger partial charge in [0.25, 0.3) is 5.91 Å². The van der Waals surface area contributed by atoms with Crippen molar-refractivity contribution < 1.29 is 19.5 Å². The molecule has 0 spiro atoms. The van der Waals surface area contributed by atoms with Gasteiger partial charge in [-0.15, -0.1) is 0 Å². The van der Waals surface area contributed by atoms with Crippen LogP contribution in [0, 0.1) is 23.2 Å². The molecular weight excluding hydrogens is 418 g/mol. The predicted octanol–water partition coefficient (Wildman–Crippen LogP) is 3.49. The van der Waals surface area contributed by atoms with E-state index in [9.17, 15) is 14.4 Å². The van der Waals surface area contributed by atoms with Crippen LogP contribution in [0.15, 0.2) is 42.5 Å². The summed E-state index contributed by atoms with van der Waals surface area (Å²) in [5.74, 6) is -1.59. The number of nitrogens with zero attached hydrogens (tertiary/aromatic N) is 1. The number of amides is 2. The molecular formula is C23H22ClN3O4. The first-order valence-corrected chi connectivity index (χ1v) is 10.2. The molecule has 0 aromatic heterocycles. The average molecular weight is 440 g/mol. The Labute approximate surface area is 185 Å². The molecule has 1 fully saturated rings. The zero-order valence-electron chi connectivity index (χ0n) is 17.1. The Morgan fingerprint density at radius 3 is 2.35 bits per heavy atom. The fourth-order valence-corrected chi connectivity index (χ4v) is 4.08. The lowest BCUT2D eigenvalue weighted by atomic mass is 10.0. The van der Waals surface area contributed by atoms with Gasteiger partial charge in [-0.05, 0) is 48.1 Å². The van der Waals surface area contributed by atoms with E-state index in [2.05, 4.69) is 10.6 Å². The summed E-state index contributed by atoms with van der Waals surface area (Å²) in [6.45, 7) is 3.87. The Morgan fingerprint density at radius 2 is 1.84 bits per heavy atom. The van der Waals surface area contributed by atoms with E-state index in [4.69, 9.17) is 22.0 Å². The molecule has 1 aliphatic rings. The number of rotatable bonds is 7. The topological polar surface area (TPSA) is 119 Å². The van der Waals surface area contributed by atoms with Gasteiger partial charge in [0.1, 0.15) is 12.1 Å². The van der Waals surface area contributed by atoms with Gasteiger partial charge in [0, 0.05) is 16.1 Å². The van der Waals surface area contributed by atoms with Crippen LogP contribution >= 0.6 is 11.6 Å². The molecule has 2 unspecified atom stereocenters. The normalized spacial score (nSPS) is 19.4. The maximum Gasteiger partial charge on any atom is 0.335 e. The third-order valence-electron chi connectivity index (χ3n) is 5.56. The van der Waals surface area contributed by atoms with Crippen molar-refractivity contribution in [3.63, 3.8) is 0 Å². The van der Waals surface area contributed by atoms with E-state index >= 15 is 0 Å². The highest BCUT2D eigenvalue weighted by Gasteiger charge is 2.61. The van der Waals surface area contributed by atoms with Crippen molar-refractivity contribution in [1.29, 1.82) is 5.26 Å². The number of nitriles is 1. The molecule has 0 saturated heterocycles. The average Bonchev–Trinajstić information content (AvgIpc) is 3.47. The summed E-state index contributed by atoms with van der Waals surface area (Å²) < 4.78 is 0. The lowest BCUT2D eigenvalue weighted by Gasteiger charge is -2.20. The molecule has 8 heteroatoms. The monoisotopic (exact) mass is 439 g/mol. The fraction of sp³-hybridized carbons (Fsp3) is 0.304. The van der Waals surface area contributed by atoms with E-state index in [-0.39, 0.29) is 35.8 Å². The second-order valence-corrected chi connectivity index (χ2v) is 8.31. The molecule has 1 aliphatic carbocycles. The predicted molar refractivity (Wildman–Crippen MR) is 116 cm³/mol. The Bertz CT molecular complexity index is 1080. The van der Waals surface area contributed by atoms with Crippen LogP contribution in [0.5, 0.6) is 0 Å². The van der Waals surface area contributed by atoms with Crippen LogP contribution in [-0.2, 0) is 4.79 Å². The number of hydrogen-bond donors (Lipinski definition) is 3. The van der Waals surface area contributed by atoms with E-state index in [1.165, 1.54) is 12.1 Å². The van der Waals surface area contributed by atoms with Crippen molar-refractivity contribution in [3.8, 4) is 17.2 Å². The molecule has 0 heterocycles. The molecule has 1 saturated carbocycles. The molecule has 31 heavy (non-hydrogen) atoms. The van der Waals surface area contributed by atoms with Gasteiger partial charge in [0.15, 0.2) is 0 Å². The lowest BCUT2D eigenvalue weighted by molar-refractivity contribution is -0.124. The third kappa shape index (κ3) is 4.54. The van der Waals surface area contributed by atoms with Gasteiger partial charge < -0.3 is 15.7 Å². The van der Waals surface area contributed by atoms with Crippen molar-refractivity contribution >= 4 is 29.4 Å². The number of benzene rings is 2. The molecule has 7 nitrogen and oxygen atoms in total. The molecule has 2 atom stereocenters. The number of carbonyl (C=O) groups excluding carboxylic acids is 2. The minimum atomic E-state index is -1.06. The van der Waals surface area contributed by atoms with Gasteiger partial charge in [-0.3, -0.25) is 9.59 Å². The van der Waals surface area contributed by atoms with Gasteiger partial charge in [-0.2, -0.15) is 5.26 Å². The molecule has 0 aliphatic heterocycles. The van der Waals surface area contributed by atoms with E-state index in [0.29, 0.717) is 22.6 Å². The van der Waals surface area contributed by atoms with E-state index in [0.717, 1.165) is 5.56 Å². The standard InChI is InChI=1S/C23H22ClN3O4/c1-13(2)18-12-23(18,22(31)26-10-9-25)27-20(28)15-5-3-14(4-6-15)17-8-7-16(21(29)30)11-19(17)24/h3-8,11,13,18H,10,12H2,1-2H3,(H,26,31)(H,27,28)(H,29,30). The molecule has 0 radical (unpaired) electrons. The Balaban J connectivity index is 1.78. The van der Waals surface area contributed by atoms with E-state index < -0.39 is 11.5 Å². The summed E-state index contributed by atoms with van der Waals surface area (Å²) in [5.41, 5.74) is 0.841. The summed E-state index contributed by atoms with van der Waals surface area (Å²) in [5, 5.41) is 23.5. The number of aromatic carboxylic acids is 1. The van der Waals surface area contributed by atoms with Crippen LogP contribution in [0.25, 0.3) is 11.1 Å². The Hall–Kier alpha value is -3.37. The summed E-state index contributed by atoms with van der Waals surface area (Å²) in [6, 6.07) is 13.0. The van der Waals surface area contributed by atoms with Crippen molar-refractivity contribution in [2.75, 3.05) is 6.54 Å². The highest BCUT2D eigenvalue weighted by atomic mass is 35.5. The molecule has 3 rings (SSSR count). The second-order valence-electron chi connectivity index (χ2n) is 7.90. The van der Waals surface area contributed by atoms with Crippen LogP contribution in [0.4, 0.5) is 0 Å². The van der Waals surface area contributed by atoms with Crippen LogP contribution < -0.4 is 10.6 Å². The van der Waals surface area contributed by atoms with Crippen LogP contribution in [0.2, 0.25) is 5.02 Å². The molecule has 2 aromatic rings. The smallest absolute Gasteiger partial charge is 0.335 e. The first-order chi connectivity index (χ1) is 14.7. The van der Waals surface area contributed by atoms with E-state index in [1.807, 2.05) is 19.9 Å². The van der Waals surface area contributed by atoms with Crippen molar-refractivity contribution in [2.45, 2.75) is 25.8 Å². The Kier molecular flexibility index (Phi) is 6.32. The molecule has 0 bridgehead atoms. The summed E-state index contributed by atoms with van der Waals surface area (Å²) in [7, 11) is 0. The number of carboxylic acids is 1. The highest BCUT2D eigenvalue weighted by Crippen LogP contribution is 2.48. The van der Waals surface area contributed by atoms with Crippen LogP contribution in [-0.4, -0.2) is 35.0 Å². The lowest BCUT2D eigenvalue weighted by Crippen LogP contribution is -2.51. The zero-order chi connectivity index (χ0) is 22.8. The SMILES string of the molecule is CC(C)C1CC1(NC(=O)c1ccc(-c2ccc(C(=O)O)cc2Cl)cc1)C(=O)NCC#N. The first kappa shape index (κ1) is 22.3. The number of nitrogens with one attached hydrogen (secondary N) is 2. The zero-order valence-corrected chi connectivity index (χ0v) is 17.9. The van der Waals surface area contributed by atoms with Crippen LogP contribution in [0.3, 0.4) is 0 Å². The fourth-order valence-electron chi connectivity index (χ4n) is 3.79. The molecule has 2 amide bonds. The number of carboxylic acid groups (broad SMARTS) is 1. The summed E-state index contributed by atoms with van der Waals surface area (Å²) in [4.78, 5) is 36.5.